The molecule has 1 aliphatic heterocycles. The maximum Gasteiger partial charge on any atom is 0.351 e. The molecular formula is C32H38F2N6O4S. The van der Waals surface area contributed by atoms with Gasteiger partial charge in [-0.3, -0.25) is 14.3 Å². The van der Waals surface area contributed by atoms with E-state index in [2.05, 4.69) is 10.6 Å². The molecule has 240 valence electrons. The summed E-state index contributed by atoms with van der Waals surface area (Å²) in [4.78, 5) is 43.6. The third-order valence-corrected chi connectivity index (χ3v) is 9.20. The highest BCUT2D eigenvalue weighted by atomic mass is 32.1. The van der Waals surface area contributed by atoms with Crippen LogP contribution in [0.25, 0.3) is 20.7 Å². The Morgan fingerprint density at radius 3 is 2.36 bits per heavy atom. The Balaban J connectivity index is 1.74. The summed E-state index contributed by atoms with van der Waals surface area (Å²) in [6.45, 7) is 4.40. The predicted octanol–water partition coefficient (Wildman–Crippen LogP) is 4.56. The van der Waals surface area contributed by atoms with Gasteiger partial charge >= 0.3 is 11.7 Å². The Kier molecular flexibility index (Phi) is 10.3. The SMILES string of the molecule is CCNC(=O)Nc1ccc(-c2sc3c(c2CN(C)CCOC)c(=O)n(N2CCCCC2)c(=O)n3Cc2c(F)cccc2F)cc1. The van der Waals surface area contributed by atoms with Gasteiger partial charge in [-0.15, -0.1) is 11.3 Å². The lowest BCUT2D eigenvalue weighted by molar-refractivity contribution is 0.159. The zero-order chi connectivity index (χ0) is 32.1. The number of fused-ring (bicyclic) bond motifs is 1. The molecule has 3 heterocycles. The molecule has 5 rings (SSSR count). The molecule has 0 radical (unpaired) electrons. The van der Waals surface area contributed by atoms with Gasteiger partial charge in [-0.05, 0) is 68.6 Å². The molecule has 1 aliphatic rings. The van der Waals surface area contributed by atoms with Crippen LogP contribution in [0.2, 0.25) is 0 Å². The van der Waals surface area contributed by atoms with Crippen molar-refractivity contribution in [3.05, 3.63) is 86.1 Å². The Morgan fingerprint density at radius 1 is 1.02 bits per heavy atom. The number of nitrogens with one attached hydrogen (secondary N) is 2. The number of likely N-dealkylation sites (N-methyl/N-ethyl adjacent to an activating group) is 1. The van der Waals surface area contributed by atoms with Gasteiger partial charge in [-0.25, -0.2) is 18.4 Å². The molecule has 1 fully saturated rings. The minimum atomic E-state index is -0.766. The number of carbonyl (C=O) groups excluding carboxylic acids is 1. The quantitative estimate of drug-likeness (QED) is 0.250. The van der Waals surface area contributed by atoms with Crippen LogP contribution in [-0.4, -0.2) is 67.1 Å². The molecule has 2 amide bonds. The van der Waals surface area contributed by atoms with Crippen molar-refractivity contribution in [1.82, 2.24) is 19.5 Å². The van der Waals surface area contributed by atoms with E-state index in [-0.39, 0.29) is 18.1 Å². The molecule has 2 aromatic carbocycles. The number of rotatable bonds is 11. The summed E-state index contributed by atoms with van der Waals surface area (Å²) in [6, 6.07) is 10.5. The molecule has 45 heavy (non-hydrogen) atoms. The van der Waals surface area contributed by atoms with E-state index in [1.165, 1.54) is 22.0 Å². The number of urea groups is 1. The van der Waals surface area contributed by atoms with Gasteiger partial charge in [0.05, 0.1) is 18.5 Å². The number of methoxy groups -OCH3 is 1. The zero-order valence-electron chi connectivity index (χ0n) is 25.7. The molecule has 10 nitrogen and oxygen atoms in total. The Morgan fingerprint density at radius 2 is 1.71 bits per heavy atom. The number of piperidine rings is 1. The number of carbonyl (C=O) groups is 1. The molecule has 0 atom stereocenters. The smallest absolute Gasteiger partial charge is 0.351 e. The van der Waals surface area contributed by atoms with E-state index in [9.17, 15) is 23.2 Å². The van der Waals surface area contributed by atoms with Gasteiger partial charge in [0.25, 0.3) is 5.56 Å². The molecule has 0 aliphatic carbocycles. The van der Waals surface area contributed by atoms with Gasteiger partial charge < -0.3 is 20.4 Å². The Bertz CT molecular complexity index is 1760. The van der Waals surface area contributed by atoms with Crippen LogP contribution in [0.15, 0.2) is 52.1 Å². The third kappa shape index (κ3) is 6.95. The maximum atomic E-state index is 14.9. The molecule has 0 bridgehead atoms. The molecular weight excluding hydrogens is 602 g/mol. The first-order chi connectivity index (χ1) is 21.7. The summed E-state index contributed by atoms with van der Waals surface area (Å²) in [5.74, 6) is -1.53. The number of ether oxygens (including phenoxy) is 1. The van der Waals surface area contributed by atoms with E-state index in [1.54, 1.807) is 24.3 Å². The van der Waals surface area contributed by atoms with Crippen molar-refractivity contribution < 1.29 is 18.3 Å². The number of halogens is 2. The minimum absolute atomic E-state index is 0.251. The summed E-state index contributed by atoms with van der Waals surface area (Å²) in [5.41, 5.74) is 0.729. The number of aromatic nitrogens is 2. The third-order valence-electron chi connectivity index (χ3n) is 7.89. The Hall–Kier alpha value is -4.07. The van der Waals surface area contributed by atoms with Crippen LogP contribution in [0.3, 0.4) is 0 Å². The Labute approximate surface area is 263 Å². The highest BCUT2D eigenvalue weighted by molar-refractivity contribution is 7.22. The van der Waals surface area contributed by atoms with Crippen molar-refractivity contribution in [2.75, 3.05) is 57.3 Å². The molecule has 1 saturated heterocycles. The van der Waals surface area contributed by atoms with E-state index in [1.807, 2.05) is 31.0 Å². The van der Waals surface area contributed by atoms with Crippen molar-refractivity contribution >= 4 is 33.3 Å². The van der Waals surface area contributed by atoms with Gasteiger partial charge in [0.15, 0.2) is 0 Å². The van der Waals surface area contributed by atoms with Crippen molar-refractivity contribution in [2.24, 2.45) is 0 Å². The van der Waals surface area contributed by atoms with Gasteiger partial charge in [0.1, 0.15) is 16.5 Å². The van der Waals surface area contributed by atoms with Crippen LogP contribution in [0.5, 0.6) is 0 Å². The second kappa shape index (κ2) is 14.4. The molecule has 0 spiro atoms. The molecule has 4 aromatic rings. The summed E-state index contributed by atoms with van der Waals surface area (Å²) >= 11 is 1.24. The first-order valence-electron chi connectivity index (χ1n) is 15.1. The second-order valence-corrected chi connectivity index (χ2v) is 12.1. The summed E-state index contributed by atoms with van der Waals surface area (Å²) in [6.07, 6.45) is 2.64. The zero-order valence-corrected chi connectivity index (χ0v) is 26.5. The van der Waals surface area contributed by atoms with Gasteiger partial charge in [-0.2, -0.15) is 4.68 Å². The summed E-state index contributed by atoms with van der Waals surface area (Å²) in [5, 5.41) is 7.56. The van der Waals surface area contributed by atoms with Crippen molar-refractivity contribution in [3.8, 4) is 10.4 Å². The average molecular weight is 641 g/mol. The van der Waals surface area contributed by atoms with Crippen LogP contribution < -0.4 is 26.9 Å². The van der Waals surface area contributed by atoms with Crippen LogP contribution >= 0.6 is 11.3 Å². The van der Waals surface area contributed by atoms with Crippen molar-refractivity contribution in [1.29, 1.82) is 0 Å². The fraction of sp³-hybridized carbons (Fsp3) is 0.406. The van der Waals surface area contributed by atoms with Gasteiger partial charge in [0, 0.05) is 56.0 Å². The lowest BCUT2D eigenvalue weighted by Crippen LogP contribution is -2.54. The number of hydrogen-bond donors (Lipinski definition) is 2. The van der Waals surface area contributed by atoms with Crippen molar-refractivity contribution in [3.63, 3.8) is 0 Å². The van der Waals surface area contributed by atoms with E-state index in [0.717, 1.165) is 46.5 Å². The lowest BCUT2D eigenvalue weighted by atomic mass is 10.1. The summed E-state index contributed by atoms with van der Waals surface area (Å²) < 4.78 is 37.6. The fourth-order valence-corrected chi connectivity index (χ4v) is 6.89. The normalized spacial score (nSPS) is 13.5. The molecule has 2 N–H and O–H groups in total. The van der Waals surface area contributed by atoms with Crippen LogP contribution in [-0.2, 0) is 17.8 Å². The molecule has 0 unspecified atom stereocenters. The van der Waals surface area contributed by atoms with Gasteiger partial charge in [-0.1, -0.05) is 18.2 Å². The number of thiophene rings is 1. The highest BCUT2D eigenvalue weighted by Crippen LogP contribution is 2.38. The van der Waals surface area contributed by atoms with E-state index < -0.39 is 22.9 Å². The van der Waals surface area contributed by atoms with E-state index in [4.69, 9.17) is 4.74 Å². The minimum Gasteiger partial charge on any atom is -0.383 e. The molecule has 13 heteroatoms. The second-order valence-electron chi connectivity index (χ2n) is 11.1. The van der Waals surface area contributed by atoms with E-state index in [0.29, 0.717) is 60.8 Å². The molecule has 0 saturated carbocycles. The fourth-order valence-electron chi connectivity index (χ4n) is 5.58. The van der Waals surface area contributed by atoms with E-state index >= 15 is 0 Å². The summed E-state index contributed by atoms with van der Waals surface area (Å²) in [7, 11) is 3.53. The standard InChI is InChI=1S/C32H38F2N6O4S/c1-4-35-31(42)36-22-13-11-21(12-14-22)28-24(19-37(2)17-18-44-3)27-29(41)40(38-15-6-5-7-16-38)32(43)39(30(27)45-28)20-23-25(33)9-8-10-26(23)34/h8-14H,4-7,15-20H2,1-3H3,(H2,35,36,42). The largest absolute Gasteiger partial charge is 0.383 e. The van der Waals surface area contributed by atoms with Crippen LogP contribution in [0.4, 0.5) is 19.3 Å². The predicted molar refractivity (Wildman–Crippen MR) is 174 cm³/mol. The number of nitrogens with zero attached hydrogens (tertiary/aromatic N) is 4. The van der Waals surface area contributed by atoms with Crippen molar-refractivity contribution in [2.45, 2.75) is 39.3 Å². The average Bonchev–Trinajstić information content (AvgIpc) is 3.39. The highest BCUT2D eigenvalue weighted by Gasteiger charge is 2.27. The number of benzene rings is 2. The number of hydrogen-bond acceptors (Lipinski definition) is 7. The topological polar surface area (TPSA) is 101 Å². The van der Waals surface area contributed by atoms with Crippen LogP contribution in [0.1, 0.15) is 37.3 Å². The van der Waals surface area contributed by atoms with Gasteiger partial charge in [0.2, 0.25) is 0 Å². The number of anilines is 1. The molecule has 2 aromatic heterocycles. The first-order valence-corrected chi connectivity index (χ1v) is 15.9. The number of amides is 2. The maximum absolute atomic E-state index is 14.9. The van der Waals surface area contributed by atoms with Crippen LogP contribution in [0, 0.1) is 11.6 Å². The monoisotopic (exact) mass is 640 g/mol. The first kappa shape index (κ1) is 32.3. The lowest BCUT2D eigenvalue weighted by Gasteiger charge is -2.30.